The summed E-state index contributed by atoms with van der Waals surface area (Å²) >= 11 is 0. The van der Waals surface area contributed by atoms with Gasteiger partial charge < -0.3 is 0 Å². The molecule has 0 bridgehead atoms. The van der Waals surface area contributed by atoms with Gasteiger partial charge in [-0.05, 0) is 49.2 Å². The van der Waals surface area contributed by atoms with Gasteiger partial charge in [-0.3, -0.25) is 14.4 Å². The summed E-state index contributed by atoms with van der Waals surface area (Å²) in [6, 6.07) is 0. The third-order valence-electron chi connectivity index (χ3n) is 4.07. The van der Waals surface area contributed by atoms with Crippen LogP contribution in [0.2, 0.25) is 0 Å². The maximum atomic E-state index is 11.8. The Morgan fingerprint density at radius 1 is 1.39 bits per heavy atom. The molecule has 0 saturated heterocycles. The van der Waals surface area contributed by atoms with Gasteiger partial charge in [-0.2, -0.15) is 0 Å². The summed E-state index contributed by atoms with van der Waals surface area (Å²) < 4.78 is 0. The van der Waals surface area contributed by atoms with Crippen LogP contribution in [-0.4, -0.2) is 18.4 Å². The van der Waals surface area contributed by atoms with Crippen LogP contribution >= 0.6 is 0 Å². The quantitative estimate of drug-likeness (QED) is 0.555. The minimum absolute atomic E-state index is 0.0918. The molecule has 3 atom stereocenters. The molecule has 98 valence electrons. The second-order valence-electron chi connectivity index (χ2n) is 5.33. The second-order valence-corrected chi connectivity index (χ2v) is 5.33. The summed E-state index contributed by atoms with van der Waals surface area (Å²) in [5.41, 5.74) is 0.287. The first-order valence-corrected chi connectivity index (χ1v) is 6.22. The molecule has 1 fully saturated rings. The standard InChI is InChI=1S/C15H20O3/c1-11(10-17)13-5-7-15(3,6-4-8-16)14(9-13)12(2)18/h4,6,8,10,13-14H,1,5,7,9H2,2-3H3/b6-4+/t13-,14+,15-/m1/s1. The lowest BCUT2D eigenvalue weighted by atomic mass is 9.62. The number of hydrogen-bond acceptors (Lipinski definition) is 3. The fourth-order valence-corrected chi connectivity index (χ4v) is 2.85. The third-order valence-corrected chi connectivity index (χ3v) is 4.07. The van der Waals surface area contributed by atoms with Crippen molar-refractivity contribution in [1.29, 1.82) is 0 Å². The molecule has 0 amide bonds. The fourth-order valence-electron chi connectivity index (χ4n) is 2.85. The van der Waals surface area contributed by atoms with E-state index in [9.17, 15) is 14.4 Å². The molecule has 1 aliphatic carbocycles. The molecule has 0 heterocycles. The smallest absolute Gasteiger partial charge is 0.145 e. The van der Waals surface area contributed by atoms with E-state index in [1.807, 2.05) is 13.0 Å². The number of Topliss-reactive ketones (excluding diaryl/α,β-unsaturated/α-hetero) is 1. The van der Waals surface area contributed by atoms with Gasteiger partial charge in [-0.1, -0.05) is 19.6 Å². The SMILES string of the molecule is C=C(C=O)[C@@H]1CC[C@@](C)(/C=C/C=O)[C@H](C(C)=O)C1. The van der Waals surface area contributed by atoms with Gasteiger partial charge >= 0.3 is 0 Å². The van der Waals surface area contributed by atoms with Gasteiger partial charge in [0.1, 0.15) is 18.4 Å². The van der Waals surface area contributed by atoms with Crippen LogP contribution < -0.4 is 0 Å². The number of carbonyl (C=O) groups excluding carboxylic acids is 3. The molecule has 0 radical (unpaired) electrons. The lowest BCUT2D eigenvalue weighted by Crippen LogP contribution is -2.37. The van der Waals surface area contributed by atoms with Crippen molar-refractivity contribution < 1.29 is 14.4 Å². The molecule has 18 heavy (non-hydrogen) atoms. The molecule has 1 rings (SSSR count). The van der Waals surface area contributed by atoms with E-state index in [0.717, 1.165) is 25.4 Å². The Hall–Kier alpha value is -1.51. The van der Waals surface area contributed by atoms with Crippen LogP contribution in [0.4, 0.5) is 0 Å². The third kappa shape index (κ3) is 3.03. The fraction of sp³-hybridized carbons (Fsp3) is 0.533. The number of ketones is 1. The predicted molar refractivity (Wildman–Crippen MR) is 70.0 cm³/mol. The van der Waals surface area contributed by atoms with E-state index in [0.29, 0.717) is 12.0 Å². The topological polar surface area (TPSA) is 51.2 Å². The Balaban J connectivity index is 2.94. The van der Waals surface area contributed by atoms with Crippen molar-refractivity contribution in [2.45, 2.75) is 33.1 Å². The molecule has 0 N–H and O–H groups in total. The minimum Gasteiger partial charge on any atom is -0.300 e. The Kier molecular flexibility index (Phi) is 4.76. The first-order chi connectivity index (χ1) is 8.44. The Labute approximate surface area is 108 Å². The van der Waals surface area contributed by atoms with Crippen molar-refractivity contribution in [1.82, 2.24) is 0 Å². The lowest BCUT2D eigenvalue weighted by molar-refractivity contribution is -0.125. The van der Waals surface area contributed by atoms with E-state index in [1.54, 1.807) is 6.92 Å². The number of allylic oxidation sites excluding steroid dienone is 3. The first-order valence-electron chi connectivity index (χ1n) is 6.22. The predicted octanol–water partition coefficient (Wildman–Crippen LogP) is 2.51. The highest BCUT2D eigenvalue weighted by Gasteiger charge is 2.41. The monoisotopic (exact) mass is 248 g/mol. The summed E-state index contributed by atoms with van der Waals surface area (Å²) in [7, 11) is 0. The van der Waals surface area contributed by atoms with Gasteiger partial charge in [-0.15, -0.1) is 0 Å². The molecule has 1 aliphatic rings. The van der Waals surface area contributed by atoms with Crippen LogP contribution in [0.25, 0.3) is 0 Å². The van der Waals surface area contributed by atoms with Crippen molar-refractivity contribution in [2.75, 3.05) is 0 Å². The van der Waals surface area contributed by atoms with Crippen LogP contribution in [0, 0.1) is 17.3 Å². The molecule has 0 unspecified atom stereocenters. The summed E-state index contributed by atoms with van der Waals surface area (Å²) in [5.74, 6) is 0.0507. The number of aldehydes is 2. The second kappa shape index (κ2) is 5.89. The first kappa shape index (κ1) is 14.6. The van der Waals surface area contributed by atoms with Crippen molar-refractivity contribution in [3.8, 4) is 0 Å². The minimum atomic E-state index is -0.285. The van der Waals surface area contributed by atoms with E-state index in [-0.39, 0.29) is 23.0 Å². The molecule has 3 nitrogen and oxygen atoms in total. The van der Waals surface area contributed by atoms with E-state index in [4.69, 9.17) is 0 Å². The summed E-state index contributed by atoms with van der Waals surface area (Å²) in [4.78, 5) is 33.0. The Morgan fingerprint density at radius 2 is 2.06 bits per heavy atom. The number of carbonyl (C=O) groups is 3. The molecule has 0 aromatic rings. The highest BCUT2D eigenvalue weighted by atomic mass is 16.1. The largest absolute Gasteiger partial charge is 0.300 e. The van der Waals surface area contributed by atoms with Crippen molar-refractivity contribution in [2.24, 2.45) is 17.3 Å². The van der Waals surface area contributed by atoms with E-state index < -0.39 is 0 Å². The van der Waals surface area contributed by atoms with Gasteiger partial charge in [0.15, 0.2) is 0 Å². The van der Waals surface area contributed by atoms with Gasteiger partial charge in [-0.25, -0.2) is 0 Å². The summed E-state index contributed by atoms with van der Waals surface area (Å²) in [6.07, 6.45) is 7.08. The molecule has 1 saturated carbocycles. The lowest BCUT2D eigenvalue weighted by Gasteiger charge is -2.41. The maximum absolute atomic E-state index is 11.8. The summed E-state index contributed by atoms with van der Waals surface area (Å²) in [5, 5.41) is 0. The average Bonchev–Trinajstić information content (AvgIpc) is 2.35. The van der Waals surface area contributed by atoms with Crippen LogP contribution in [-0.2, 0) is 14.4 Å². The maximum Gasteiger partial charge on any atom is 0.145 e. The van der Waals surface area contributed by atoms with Gasteiger partial charge in [0.05, 0.1) is 0 Å². The number of rotatable bonds is 5. The molecule has 3 heteroatoms. The van der Waals surface area contributed by atoms with Crippen molar-refractivity contribution >= 4 is 18.4 Å². The average molecular weight is 248 g/mol. The zero-order chi connectivity index (χ0) is 13.8. The molecule has 0 aliphatic heterocycles. The van der Waals surface area contributed by atoms with Crippen LogP contribution in [0.3, 0.4) is 0 Å². The highest BCUT2D eigenvalue weighted by molar-refractivity contribution is 5.80. The summed E-state index contributed by atoms with van der Waals surface area (Å²) in [6.45, 7) is 7.32. The van der Waals surface area contributed by atoms with E-state index >= 15 is 0 Å². The zero-order valence-corrected chi connectivity index (χ0v) is 11.0. The molecule has 0 aromatic carbocycles. The van der Waals surface area contributed by atoms with Gasteiger partial charge in [0.2, 0.25) is 0 Å². The Morgan fingerprint density at radius 3 is 2.56 bits per heavy atom. The molecule has 0 aromatic heterocycles. The van der Waals surface area contributed by atoms with Crippen LogP contribution in [0.15, 0.2) is 24.3 Å². The molecular formula is C15H20O3. The zero-order valence-electron chi connectivity index (χ0n) is 11.0. The highest BCUT2D eigenvalue weighted by Crippen LogP contribution is 2.46. The van der Waals surface area contributed by atoms with Gasteiger partial charge in [0.25, 0.3) is 0 Å². The van der Waals surface area contributed by atoms with E-state index in [2.05, 4.69) is 6.58 Å². The normalized spacial score (nSPS) is 32.1. The van der Waals surface area contributed by atoms with Crippen LogP contribution in [0.5, 0.6) is 0 Å². The Bertz CT molecular complexity index is 395. The van der Waals surface area contributed by atoms with Gasteiger partial charge in [0, 0.05) is 5.92 Å². The number of hydrogen-bond donors (Lipinski definition) is 0. The van der Waals surface area contributed by atoms with Crippen LogP contribution in [0.1, 0.15) is 33.1 Å². The van der Waals surface area contributed by atoms with Crippen molar-refractivity contribution in [3.63, 3.8) is 0 Å². The molecular weight excluding hydrogens is 228 g/mol. The van der Waals surface area contributed by atoms with E-state index in [1.165, 1.54) is 6.08 Å². The van der Waals surface area contributed by atoms with Crippen molar-refractivity contribution in [3.05, 3.63) is 24.3 Å². The molecule has 0 spiro atoms.